The van der Waals surface area contributed by atoms with Crippen LogP contribution in [0.15, 0.2) is 60.8 Å². The number of fused-ring (bicyclic) bond motifs is 2. The summed E-state index contributed by atoms with van der Waals surface area (Å²) in [5.74, 6) is 0.275. The van der Waals surface area contributed by atoms with Crippen LogP contribution in [-0.4, -0.2) is 41.0 Å². The number of amides is 2. The lowest BCUT2D eigenvalue weighted by molar-refractivity contribution is -0.123. The van der Waals surface area contributed by atoms with Crippen LogP contribution in [0.4, 0.5) is 4.39 Å². The summed E-state index contributed by atoms with van der Waals surface area (Å²) in [6.45, 7) is 2.23. The van der Waals surface area contributed by atoms with Crippen molar-refractivity contribution >= 4 is 22.7 Å². The van der Waals surface area contributed by atoms with Crippen molar-refractivity contribution in [2.45, 2.75) is 50.0 Å². The number of ether oxygens (including phenoxy) is 2. The van der Waals surface area contributed by atoms with Crippen molar-refractivity contribution in [3.8, 4) is 22.8 Å². The summed E-state index contributed by atoms with van der Waals surface area (Å²) in [7, 11) is 0. The van der Waals surface area contributed by atoms with Crippen LogP contribution in [0.25, 0.3) is 22.2 Å². The molecule has 2 saturated carbocycles. The Morgan fingerprint density at radius 2 is 1.93 bits per heavy atom. The van der Waals surface area contributed by atoms with Gasteiger partial charge in [0.1, 0.15) is 40.5 Å². The molecule has 2 aliphatic carbocycles. The van der Waals surface area contributed by atoms with E-state index >= 15 is 0 Å². The number of primary amides is 1. The molecule has 2 aromatic carbocycles. The van der Waals surface area contributed by atoms with Crippen LogP contribution in [-0.2, 0) is 10.2 Å². The van der Waals surface area contributed by atoms with Crippen LogP contribution in [0.2, 0.25) is 0 Å². The Hall–Kier alpha value is -4.53. The maximum Gasteiger partial charge on any atom is 0.251 e. The molecule has 2 atom stereocenters. The van der Waals surface area contributed by atoms with Gasteiger partial charge in [-0.05, 0) is 87.1 Å². The number of nitrogens with one attached hydrogen (secondary N) is 1. The Kier molecular flexibility index (Phi) is 6.33. The van der Waals surface area contributed by atoms with E-state index < -0.39 is 11.3 Å². The van der Waals surface area contributed by atoms with Gasteiger partial charge in [0.2, 0.25) is 5.91 Å². The van der Waals surface area contributed by atoms with E-state index in [0.29, 0.717) is 46.3 Å². The molecule has 0 radical (unpaired) electrons. The van der Waals surface area contributed by atoms with E-state index in [1.807, 2.05) is 24.3 Å². The molecule has 214 valence electrons. The molecule has 42 heavy (non-hydrogen) atoms. The van der Waals surface area contributed by atoms with Gasteiger partial charge in [0.05, 0.1) is 6.10 Å². The highest BCUT2D eigenvalue weighted by molar-refractivity contribution is 6.00. The minimum absolute atomic E-state index is 0.0968. The van der Waals surface area contributed by atoms with Crippen molar-refractivity contribution in [2.24, 2.45) is 11.7 Å². The van der Waals surface area contributed by atoms with E-state index in [1.54, 1.807) is 31.3 Å². The standard InChI is InChI=1S/C33H31FN4O4/c1-33(32(35)40)17-41-30-25(33)15-26(38-29(30)19-6-8-22(34)9-7-19)24(18-4-5-18)16-37-31(39)21-13-20-3-2-12-36-28(20)27(14-21)42-23-10-11-23/h2-3,6-9,12-15,18,23-24H,4-5,10-11,16-17H2,1H3,(H2,35,40)(H,37,39)/t24-,33-/m0/s1. The summed E-state index contributed by atoms with van der Waals surface area (Å²) in [6, 6.07) is 15.3. The van der Waals surface area contributed by atoms with Crippen molar-refractivity contribution in [3.63, 3.8) is 0 Å². The molecule has 3 heterocycles. The second-order valence-electron chi connectivity index (χ2n) is 11.8. The summed E-state index contributed by atoms with van der Waals surface area (Å²) in [5.41, 5.74) is 8.68. The molecule has 8 nitrogen and oxygen atoms in total. The van der Waals surface area contributed by atoms with Crippen molar-refractivity contribution in [1.82, 2.24) is 15.3 Å². The van der Waals surface area contributed by atoms with Gasteiger partial charge in [0.25, 0.3) is 5.91 Å². The van der Waals surface area contributed by atoms with Gasteiger partial charge in [-0.15, -0.1) is 0 Å². The lowest BCUT2D eigenvalue weighted by Gasteiger charge is -2.22. The first-order valence-corrected chi connectivity index (χ1v) is 14.4. The number of nitrogens with zero attached hydrogens (tertiary/aromatic N) is 2. The zero-order chi connectivity index (χ0) is 29.0. The zero-order valence-electron chi connectivity index (χ0n) is 23.2. The maximum absolute atomic E-state index is 13.8. The first-order valence-electron chi connectivity index (χ1n) is 14.4. The van der Waals surface area contributed by atoms with E-state index in [9.17, 15) is 14.0 Å². The minimum atomic E-state index is -1.03. The Morgan fingerprint density at radius 3 is 2.64 bits per heavy atom. The Labute approximate surface area is 242 Å². The van der Waals surface area contributed by atoms with Crippen molar-refractivity contribution in [2.75, 3.05) is 13.2 Å². The predicted molar refractivity (Wildman–Crippen MR) is 155 cm³/mol. The second-order valence-corrected chi connectivity index (χ2v) is 11.8. The number of hydrogen-bond acceptors (Lipinski definition) is 6. The Balaban J connectivity index is 1.22. The number of hydrogen-bond donors (Lipinski definition) is 2. The van der Waals surface area contributed by atoms with Gasteiger partial charge in [0.15, 0.2) is 0 Å². The Bertz CT molecular complexity index is 1720. The van der Waals surface area contributed by atoms with Crippen LogP contribution in [0.1, 0.15) is 60.1 Å². The van der Waals surface area contributed by atoms with Crippen LogP contribution in [0.3, 0.4) is 0 Å². The highest BCUT2D eigenvalue weighted by Crippen LogP contribution is 2.48. The molecule has 0 spiro atoms. The number of pyridine rings is 2. The highest BCUT2D eigenvalue weighted by Gasteiger charge is 2.45. The summed E-state index contributed by atoms with van der Waals surface area (Å²) < 4.78 is 25.8. The van der Waals surface area contributed by atoms with E-state index in [1.165, 1.54) is 12.1 Å². The van der Waals surface area contributed by atoms with Gasteiger partial charge in [-0.1, -0.05) is 6.07 Å². The van der Waals surface area contributed by atoms with Gasteiger partial charge < -0.3 is 20.5 Å². The van der Waals surface area contributed by atoms with Gasteiger partial charge in [-0.25, -0.2) is 9.37 Å². The zero-order valence-corrected chi connectivity index (χ0v) is 23.2. The third kappa shape index (κ3) is 4.82. The molecule has 2 amide bonds. The molecule has 2 aromatic heterocycles. The fraction of sp³-hybridized carbons (Fsp3) is 0.333. The van der Waals surface area contributed by atoms with Crippen molar-refractivity contribution < 1.29 is 23.5 Å². The molecule has 3 N–H and O–H groups in total. The average Bonchev–Trinajstić information content (AvgIpc) is 3.93. The van der Waals surface area contributed by atoms with Crippen molar-refractivity contribution in [1.29, 1.82) is 0 Å². The number of carbonyl (C=O) groups is 2. The number of benzene rings is 2. The quantitative estimate of drug-likeness (QED) is 0.293. The first kappa shape index (κ1) is 26.4. The fourth-order valence-corrected chi connectivity index (χ4v) is 5.66. The molecule has 9 heteroatoms. The molecule has 2 fully saturated rings. The van der Waals surface area contributed by atoms with Gasteiger partial charge in [-0.3, -0.25) is 14.6 Å². The molecule has 4 aromatic rings. The van der Waals surface area contributed by atoms with Crippen LogP contribution in [0, 0.1) is 11.7 Å². The lowest BCUT2D eigenvalue weighted by Crippen LogP contribution is -2.40. The summed E-state index contributed by atoms with van der Waals surface area (Å²) in [5, 5.41) is 3.97. The number of nitrogens with two attached hydrogens (primary N) is 1. The maximum atomic E-state index is 13.8. The molecular formula is C33H31FN4O4. The SMILES string of the molecule is C[C@]1(C(N)=O)COc2c1cc([C@@H](CNC(=O)c1cc(OC3CC3)c3ncccc3c1)C1CC1)nc2-c1ccc(F)cc1. The van der Waals surface area contributed by atoms with Gasteiger partial charge >= 0.3 is 0 Å². The Morgan fingerprint density at radius 1 is 1.14 bits per heavy atom. The summed E-state index contributed by atoms with van der Waals surface area (Å²) >= 11 is 0. The molecule has 0 saturated heterocycles. The third-order valence-electron chi connectivity index (χ3n) is 8.56. The van der Waals surface area contributed by atoms with E-state index in [2.05, 4.69) is 10.3 Å². The fourth-order valence-electron chi connectivity index (χ4n) is 5.66. The molecule has 7 rings (SSSR count). The van der Waals surface area contributed by atoms with Crippen LogP contribution in [0.5, 0.6) is 11.5 Å². The molecule has 1 aliphatic heterocycles. The third-order valence-corrected chi connectivity index (χ3v) is 8.56. The average molecular weight is 567 g/mol. The monoisotopic (exact) mass is 566 g/mol. The highest BCUT2D eigenvalue weighted by atomic mass is 19.1. The lowest BCUT2D eigenvalue weighted by atomic mass is 9.82. The van der Waals surface area contributed by atoms with Crippen molar-refractivity contribution in [3.05, 3.63) is 83.4 Å². The largest absolute Gasteiger partial charge is 0.489 e. The predicted octanol–water partition coefficient (Wildman–Crippen LogP) is 5.04. The van der Waals surface area contributed by atoms with Crippen LogP contribution < -0.4 is 20.5 Å². The minimum Gasteiger partial charge on any atom is -0.489 e. The number of aromatic nitrogens is 2. The van der Waals surface area contributed by atoms with Gasteiger partial charge in [-0.2, -0.15) is 0 Å². The number of halogens is 1. The second kappa shape index (κ2) is 10.1. The van der Waals surface area contributed by atoms with E-state index in [-0.39, 0.29) is 30.4 Å². The van der Waals surface area contributed by atoms with E-state index in [0.717, 1.165) is 42.3 Å². The normalized spacial score (nSPS) is 20.0. The van der Waals surface area contributed by atoms with Crippen LogP contribution >= 0.6 is 0 Å². The summed E-state index contributed by atoms with van der Waals surface area (Å²) in [6.07, 6.45) is 5.91. The molecule has 3 aliphatic rings. The number of rotatable bonds is 9. The summed E-state index contributed by atoms with van der Waals surface area (Å²) in [4.78, 5) is 35.5. The van der Waals surface area contributed by atoms with E-state index in [4.69, 9.17) is 20.2 Å². The number of carbonyl (C=O) groups excluding carboxylic acids is 2. The topological polar surface area (TPSA) is 116 Å². The van der Waals surface area contributed by atoms with Gasteiger partial charge in [0, 0.05) is 46.4 Å². The molecule has 0 unspecified atom stereocenters. The molecule has 0 bridgehead atoms. The smallest absolute Gasteiger partial charge is 0.251 e. The molecular weight excluding hydrogens is 535 g/mol. The first-order chi connectivity index (χ1) is 20.3.